The van der Waals surface area contributed by atoms with Crippen molar-refractivity contribution in [3.63, 3.8) is 0 Å². The van der Waals surface area contributed by atoms with Crippen LogP contribution in [0.15, 0.2) is 10.3 Å². The van der Waals surface area contributed by atoms with Gasteiger partial charge in [0.2, 0.25) is 10.0 Å². The molecule has 1 unspecified atom stereocenters. The van der Waals surface area contributed by atoms with E-state index in [0.717, 1.165) is 4.31 Å². The van der Waals surface area contributed by atoms with Crippen molar-refractivity contribution in [3.05, 3.63) is 15.8 Å². The molecule has 1 N–H and O–H groups in total. The molecule has 6 nitrogen and oxygen atoms in total. The highest BCUT2D eigenvalue weighted by molar-refractivity contribution is 7.92. The molecule has 0 spiro atoms. The summed E-state index contributed by atoms with van der Waals surface area (Å²) in [4.78, 5) is 0.493. The Morgan fingerprint density at radius 3 is 2.65 bits per heavy atom. The van der Waals surface area contributed by atoms with Crippen molar-refractivity contribution < 1.29 is 21.9 Å². The number of hydrogen-bond donors (Lipinski definition) is 1. The fourth-order valence-electron chi connectivity index (χ4n) is 2.35. The van der Waals surface area contributed by atoms with Crippen LogP contribution in [0, 0.1) is 6.92 Å². The Morgan fingerprint density at radius 1 is 1.50 bits per heavy atom. The second kappa shape index (κ2) is 5.38. The van der Waals surface area contributed by atoms with E-state index < -0.39 is 25.9 Å². The first-order chi connectivity index (χ1) is 9.19. The molecule has 0 radical (unpaired) electrons. The van der Waals surface area contributed by atoms with E-state index in [1.807, 2.05) is 0 Å². The molecule has 9 heteroatoms. The van der Waals surface area contributed by atoms with E-state index in [-0.39, 0.29) is 23.0 Å². The first-order valence-electron chi connectivity index (χ1n) is 6.05. The molecule has 0 amide bonds. The number of aliphatic hydroxyl groups is 1. The van der Waals surface area contributed by atoms with Crippen LogP contribution < -0.4 is 0 Å². The number of thiophene rings is 1. The Balaban J connectivity index is 2.38. The molecule has 1 atom stereocenters. The minimum absolute atomic E-state index is 0.0208. The van der Waals surface area contributed by atoms with Gasteiger partial charge in [-0.3, -0.25) is 0 Å². The summed E-state index contributed by atoms with van der Waals surface area (Å²) in [5, 5.41) is 10.9. The maximum atomic E-state index is 12.6. The summed E-state index contributed by atoms with van der Waals surface area (Å²) >= 11 is 1.19. The van der Waals surface area contributed by atoms with Crippen LogP contribution in [0.3, 0.4) is 0 Å². The summed E-state index contributed by atoms with van der Waals surface area (Å²) in [6.45, 7) is 1.33. The molecule has 0 bridgehead atoms. The van der Waals surface area contributed by atoms with Crippen molar-refractivity contribution in [2.45, 2.75) is 30.9 Å². The van der Waals surface area contributed by atoms with E-state index in [4.69, 9.17) is 0 Å². The maximum absolute atomic E-state index is 12.6. The van der Waals surface area contributed by atoms with Crippen molar-refractivity contribution >= 4 is 31.2 Å². The fraction of sp³-hybridized carbons (Fsp3) is 0.636. The lowest BCUT2D eigenvalue weighted by molar-refractivity contribution is 0.282. The number of hydrogen-bond acceptors (Lipinski definition) is 6. The zero-order valence-electron chi connectivity index (χ0n) is 11.2. The van der Waals surface area contributed by atoms with Crippen molar-refractivity contribution in [2.24, 2.45) is 0 Å². The van der Waals surface area contributed by atoms with Gasteiger partial charge in [-0.05, 0) is 24.3 Å². The molecule has 0 aliphatic carbocycles. The normalized spacial score (nSPS) is 22.5. The van der Waals surface area contributed by atoms with Crippen molar-refractivity contribution in [2.75, 3.05) is 18.6 Å². The van der Waals surface area contributed by atoms with Crippen molar-refractivity contribution in [3.8, 4) is 0 Å². The molecule has 0 aromatic carbocycles. The quantitative estimate of drug-likeness (QED) is 0.855. The lowest BCUT2D eigenvalue weighted by atomic mass is 10.3. The summed E-state index contributed by atoms with van der Waals surface area (Å²) in [7, 11) is -5.53. The molecular weight excluding hydrogens is 322 g/mol. The van der Waals surface area contributed by atoms with Crippen LogP contribution >= 0.6 is 11.3 Å². The first-order valence-corrected chi connectivity index (χ1v) is 10.2. The van der Waals surface area contributed by atoms with Crippen LogP contribution in [0.4, 0.5) is 0 Å². The van der Waals surface area contributed by atoms with E-state index in [0.29, 0.717) is 16.9 Å². The van der Waals surface area contributed by atoms with Gasteiger partial charge in [-0.25, -0.2) is 16.8 Å². The van der Waals surface area contributed by atoms with Gasteiger partial charge in [-0.15, -0.1) is 11.3 Å². The van der Waals surface area contributed by atoms with Gasteiger partial charge >= 0.3 is 0 Å². The largest absolute Gasteiger partial charge is 0.391 e. The van der Waals surface area contributed by atoms with Gasteiger partial charge in [0.25, 0.3) is 0 Å². The number of rotatable bonds is 4. The average molecular weight is 339 g/mol. The van der Waals surface area contributed by atoms with Gasteiger partial charge in [0, 0.05) is 13.1 Å². The fourth-order valence-corrected chi connectivity index (χ4v) is 7.21. The van der Waals surface area contributed by atoms with Crippen LogP contribution in [0.2, 0.25) is 0 Å². The van der Waals surface area contributed by atoms with E-state index in [1.54, 1.807) is 12.3 Å². The third-order valence-corrected chi connectivity index (χ3v) is 8.60. The highest BCUT2D eigenvalue weighted by Gasteiger charge is 2.38. The molecule has 1 aliphatic heterocycles. The standard InChI is InChI=1S/C11H17NO5S3/c1-8-6-18-10(5-13)11(8)20(16,17)12(2)9-3-4-19(14,15)7-9/h6,9,13H,3-5,7H2,1-2H3. The summed E-state index contributed by atoms with van der Waals surface area (Å²) in [5.41, 5.74) is 0.576. The molecule has 2 rings (SSSR count). The van der Waals surface area contributed by atoms with Gasteiger partial charge in [0.05, 0.1) is 23.0 Å². The van der Waals surface area contributed by atoms with Gasteiger partial charge in [0.1, 0.15) is 4.90 Å². The number of aryl methyl sites for hydroxylation is 1. The van der Waals surface area contributed by atoms with E-state index in [2.05, 4.69) is 0 Å². The molecule has 1 aliphatic rings. The van der Waals surface area contributed by atoms with Crippen LogP contribution in [0.5, 0.6) is 0 Å². The SMILES string of the molecule is Cc1csc(CO)c1S(=O)(=O)N(C)C1CCS(=O)(=O)C1. The van der Waals surface area contributed by atoms with E-state index in [9.17, 15) is 21.9 Å². The summed E-state index contributed by atoms with van der Waals surface area (Å²) in [6, 6.07) is -0.532. The molecule has 2 heterocycles. The molecule has 1 aromatic heterocycles. The lowest BCUT2D eigenvalue weighted by Crippen LogP contribution is -2.38. The Labute approximate surface area is 123 Å². The van der Waals surface area contributed by atoms with E-state index in [1.165, 1.54) is 18.4 Å². The number of sulfonamides is 1. The Kier molecular flexibility index (Phi) is 4.27. The summed E-state index contributed by atoms with van der Waals surface area (Å²) < 4.78 is 49.3. The van der Waals surface area contributed by atoms with Crippen LogP contribution in [0.25, 0.3) is 0 Å². The Hall–Kier alpha value is -0.480. The minimum atomic E-state index is -3.78. The van der Waals surface area contributed by atoms with Crippen LogP contribution in [-0.2, 0) is 26.5 Å². The number of aliphatic hydroxyl groups excluding tert-OH is 1. The first kappa shape index (κ1) is 15.9. The van der Waals surface area contributed by atoms with Gasteiger partial charge in [-0.1, -0.05) is 0 Å². The van der Waals surface area contributed by atoms with Gasteiger partial charge < -0.3 is 5.11 Å². The molecule has 1 saturated heterocycles. The average Bonchev–Trinajstić information content (AvgIpc) is 2.91. The monoisotopic (exact) mass is 339 g/mol. The van der Waals surface area contributed by atoms with E-state index >= 15 is 0 Å². The molecule has 1 fully saturated rings. The van der Waals surface area contributed by atoms with Crippen LogP contribution in [-0.4, -0.2) is 50.8 Å². The maximum Gasteiger partial charge on any atom is 0.244 e. The van der Waals surface area contributed by atoms with Gasteiger partial charge in [-0.2, -0.15) is 4.31 Å². The second-order valence-electron chi connectivity index (χ2n) is 4.91. The summed E-state index contributed by atoms with van der Waals surface area (Å²) in [5.74, 6) is -0.118. The smallest absolute Gasteiger partial charge is 0.244 e. The number of nitrogens with zero attached hydrogens (tertiary/aromatic N) is 1. The molecular formula is C11H17NO5S3. The van der Waals surface area contributed by atoms with Gasteiger partial charge in [0.15, 0.2) is 9.84 Å². The Bertz CT molecular complexity index is 704. The third-order valence-electron chi connectivity index (χ3n) is 3.49. The topological polar surface area (TPSA) is 91.8 Å². The molecule has 1 aromatic rings. The zero-order valence-corrected chi connectivity index (χ0v) is 13.7. The predicted octanol–water partition coefficient (Wildman–Crippen LogP) is 0.356. The Morgan fingerprint density at radius 2 is 2.15 bits per heavy atom. The van der Waals surface area contributed by atoms with Crippen molar-refractivity contribution in [1.29, 1.82) is 0 Å². The van der Waals surface area contributed by atoms with Crippen LogP contribution in [0.1, 0.15) is 16.9 Å². The molecule has 114 valence electrons. The molecule has 20 heavy (non-hydrogen) atoms. The highest BCUT2D eigenvalue weighted by atomic mass is 32.2. The molecule has 0 saturated carbocycles. The summed E-state index contributed by atoms with van der Waals surface area (Å²) in [6.07, 6.45) is 0.315. The highest BCUT2D eigenvalue weighted by Crippen LogP contribution is 2.31. The second-order valence-corrected chi connectivity index (χ2v) is 10.0. The zero-order chi connectivity index (χ0) is 15.1. The van der Waals surface area contributed by atoms with Crippen molar-refractivity contribution in [1.82, 2.24) is 4.31 Å². The number of sulfone groups is 1. The minimum Gasteiger partial charge on any atom is -0.391 e. The third kappa shape index (κ3) is 2.77. The lowest BCUT2D eigenvalue weighted by Gasteiger charge is -2.23. The predicted molar refractivity (Wildman–Crippen MR) is 77.0 cm³/mol.